The third-order valence-electron chi connectivity index (χ3n) is 2.00. The van der Waals surface area contributed by atoms with Crippen molar-refractivity contribution in [3.05, 3.63) is 36.1 Å². The van der Waals surface area contributed by atoms with Crippen molar-refractivity contribution >= 4 is 5.91 Å². The zero-order valence-electron chi connectivity index (χ0n) is 11.5. The van der Waals surface area contributed by atoms with Crippen LogP contribution in [0.2, 0.25) is 0 Å². The van der Waals surface area contributed by atoms with E-state index in [1.54, 1.807) is 18.0 Å². The zero-order valence-corrected chi connectivity index (χ0v) is 11.5. The Balaban J connectivity index is 0. The summed E-state index contributed by atoms with van der Waals surface area (Å²) in [5.41, 5.74) is 2.06. The van der Waals surface area contributed by atoms with Gasteiger partial charge >= 0.3 is 0 Å². The summed E-state index contributed by atoms with van der Waals surface area (Å²) >= 11 is 0. The van der Waals surface area contributed by atoms with Crippen LogP contribution in [0.4, 0.5) is 0 Å². The molecule has 0 aromatic carbocycles. The average molecular weight is 223 g/mol. The van der Waals surface area contributed by atoms with Crippen LogP contribution in [-0.2, 0) is 4.79 Å². The monoisotopic (exact) mass is 223 g/mol. The van der Waals surface area contributed by atoms with E-state index in [2.05, 4.69) is 6.58 Å². The van der Waals surface area contributed by atoms with Crippen molar-refractivity contribution in [1.82, 2.24) is 4.90 Å². The number of allylic oxidation sites excluding steroid dienone is 4. The first-order valence-electron chi connectivity index (χ1n) is 5.95. The van der Waals surface area contributed by atoms with Crippen LogP contribution in [0.5, 0.6) is 0 Å². The Labute approximate surface area is 100 Å². The fourth-order valence-corrected chi connectivity index (χ4v) is 1.39. The van der Waals surface area contributed by atoms with Crippen LogP contribution in [0, 0.1) is 0 Å². The Morgan fingerprint density at radius 1 is 1.25 bits per heavy atom. The summed E-state index contributed by atoms with van der Waals surface area (Å²) in [6.07, 6.45) is 6.05. The maximum Gasteiger partial charge on any atom is 0.231 e. The van der Waals surface area contributed by atoms with Crippen molar-refractivity contribution in [3.63, 3.8) is 0 Å². The molecular formula is C14H25NO. The van der Waals surface area contributed by atoms with Crippen molar-refractivity contribution in [2.75, 3.05) is 7.05 Å². The minimum atomic E-state index is 0.149. The Bertz CT molecular complexity index is 274. The summed E-state index contributed by atoms with van der Waals surface area (Å²) in [6, 6.07) is 0. The number of carbonyl (C=O) groups excluding carboxylic acids is 1. The van der Waals surface area contributed by atoms with E-state index < -0.39 is 0 Å². The highest BCUT2D eigenvalue weighted by atomic mass is 16.2. The predicted molar refractivity (Wildman–Crippen MR) is 72.1 cm³/mol. The summed E-state index contributed by atoms with van der Waals surface area (Å²) in [5, 5.41) is 0. The fraction of sp³-hybridized carbons (Fsp3) is 0.500. The molecule has 1 aliphatic heterocycles. The molecule has 2 heteroatoms. The van der Waals surface area contributed by atoms with Gasteiger partial charge in [-0.2, -0.15) is 0 Å². The Morgan fingerprint density at radius 2 is 1.75 bits per heavy atom. The molecule has 2 nitrogen and oxygen atoms in total. The van der Waals surface area contributed by atoms with Crippen LogP contribution >= 0.6 is 0 Å². The van der Waals surface area contributed by atoms with Gasteiger partial charge in [-0.05, 0) is 12.5 Å². The number of amides is 1. The summed E-state index contributed by atoms with van der Waals surface area (Å²) in [4.78, 5) is 12.9. The van der Waals surface area contributed by atoms with Gasteiger partial charge in [-0.15, -0.1) is 0 Å². The van der Waals surface area contributed by atoms with E-state index in [0.29, 0.717) is 6.42 Å². The molecule has 1 aliphatic rings. The van der Waals surface area contributed by atoms with Crippen molar-refractivity contribution in [2.24, 2.45) is 0 Å². The molecule has 0 spiro atoms. The lowest BCUT2D eigenvalue weighted by atomic mass is 10.1. The van der Waals surface area contributed by atoms with E-state index in [-0.39, 0.29) is 5.91 Å². The molecule has 0 radical (unpaired) electrons. The summed E-state index contributed by atoms with van der Waals surface area (Å²) in [5.74, 6) is 0.149. The lowest BCUT2D eigenvalue weighted by molar-refractivity contribution is -0.125. The van der Waals surface area contributed by atoms with Crippen molar-refractivity contribution in [1.29, 1.82) is 0 Å². The molecule has 0 unspecified atom stereocenters. The van der Waals surface area contributed by atoms with Crippen LogP contribution in [0.3, 0.4) is 0 Å². The van der Waals surface area contributed by atoms with Gasteiger partial charge < -0.3 is 4.90 Å². The molecule has 1 fully saturated rings. The molecule has 0 saturated carbocycles. The summed E-state index contributed by atoms with van der Waals surface area (Å²) in [6.45, 7) is 13.5. The van der Waals surface area contributed by atoms with Crippen LogP contribution in [0.25, 0.3) is 0 Å². The highest BCUT2D eigenvalue weighted by Crippen LogP contribution is 2.26. The van der Waals surface area contributed by atoms with Gasteiger partial charge in [0.1, 0.15) is 0 Å². The van der Waals surface area contributed by atoms with E-state index in [4.69, 9.17) is 0 Å². The Kier molecular flexibility index (Phi) is 10.9. The van der Waals surface area contributed by atoms with Crippen molar-refractivity contribution < 1.29 is 4.79 Å². The Morgan fingerprint density at radius 3 is 2.12 bits per heavy atom. The van der Waals surface area contributed by atoms with E-state index in [9.17, 15) is 4.79 Å². The van der Waals surface area contributed by atoms with Gasteiger partial charge in [0, 0.05) is 12.7 Å². The molecule has 1 heterocycles. The minimum Gasteiger partial charge on any atom is -0.315 e. The minimum absolute atomic E-state index is 0.149. The third-order valence-corrected chi connectivity index (χ3v) is 2.00. The van der Waals surface area contributed by atoms with Crippen LogP contribution in [0.1, 0.15) is 41.0 Å². The number of likely N-dealkylation sites (tertiary alicyclic amines) is 1. The van der Waals surface area contributed by atoms with Crippen molar-refractivity contribution in [3.8, 4) is 0 Å². The van der Waals surface area contributed by atoms with Crippen LogP contribution in [-0.4, -0.2) is 17.9 Å². The Hall–Kier alpha value is -1.31. The van der Waals surface area contributed by atoms with Crippen LogP contribution in [0.15, 0.2) is 36.1 Å². The van der Waals surface area contributed by atoms with E-state index in [1.807, 2.05) is 46.8 Å². The first-order valence-corrected chi connectivity index (χ1v) is 5.95. The summed E-state index contributed by atoms with van der Waals surface area (Å²) < 4.78 is 0. The SMILES string of the molecule is C=C/C=C1/CC(=O)N(C)/C1=C/C.CC.CC. The standard InChI is InChI=1S/C10H13NO.2C2H6/c1-4-6-8-7-10(12)11(3)9(8)5-2;2*1-2/h4-6H,1,7H2,2-3H3;2*1-2H3/b8-6-,9-5+;;. The van der Waals surface area contributed by atoms with Gasteiger partial charge in [0.05, 0.1) is 6.42 Å². The van der Waals surface area contributed by atoms with E-state index >= 15 is 0 Å². The maximum atomic E-state index is 11.2. The maximum absolute atomic E-state index is 11.2. The molecule has 0 atom stereocenters. The topological polar surface area (TPSA) is 20.3 Å². The second kappa shape index (κ2) is 10.2. The largest absolute Gasteiger partial charge is 0.315 e. The molecule has 1 saturated heterocycles. The molecule has 0 bridgehead atoms. The number of carbonyl (C=O) groups is 1. The van der Waals surface area contributed by atoms with Gasteiger partial charge in [-0.3, -0.25) is 4.79 Å². The summed E-state index contributed by atoms with van der Waals surface area (Å²) in [7, 11) is 1.79. The van der Waals surface area contributed by atoms with Gasteiger partial charge in [-0.25, -0.2) is 0 Å². The highest BCUT2D eigenvalue weighted by molar-refractivity contribution is 5.86. The molecule has 0 aliphatic carbocycles. The smallest absolute Gasteiger partial charge is 0.231 e. The average Bonchev–Trinajstić information content (AvgIpc) is 2.60. The molecule has 0 N–H and O–H groups in total. The first-order chi connectivity index (χ1) is 7.70. The molecule has 1 amide bonds. The molecule has 0 aromatic rings. The van der Waals surface area contributed by atoms with Gasteiger partial charge in [0.15, 0.2) is 0 Å². The molecule has 16 heavy (non-hydrogen) atoms. The normalized spacial score (nSPS) is 18.9. The van der Waals surface area contributed by atoms with Gasteiger partial charge in [0.2, 0.25) is 5.91 Å². The predicted octanol–water partition coefficient (Wildman–Crippen LogP) is 3.92. The number of hydrogen-bond donors (Lipinski definition) is 0. The molecule has 1 rings (SSSR count). The number of nitrogens with zero attached hydrogens (tertiary/aromatic N) is 1. The number of hydrogen-bond acceptors (Lipinski definition) is 1. The molecule has 92 valence electrons. The third kappa shape index (κ3) is 4.47. The quantitative estimate of drug-likeness (QED) is 0.660. The zero-order chi connectivity index (χ0) is 13.1. The lowest BCUT2D eigenvalue weighted by Gasteiger charge is -2.09. The van der Waals surface area contributed by atoms with E-state index in [1.165, 1.54) is 0 Å². The highest BCUT2D eigenvalue weighted by Gasteiger charge is 2.25. The van der Waals surface area contributed by atoms with Gasteiger partial charge in [0.25, 0.3) is 0 Å². The van der Waals surface area contributed by atoms with Gasteiger partial charge in [-0.1, -0.05) is 52.5 Å². The second-order valence-electron chi connectivity index (χ2n) is 2.73. The van der Waals surface area contributed by atoms with E-state index in [0.717, 1.165) is 11.3 Å². The number of rotatable bonds is 1. The first kappa shape index (κ1) is 17.1. The van der Waals surface area contributed by atoms with Crippen molar-refractivity contribution in [2.45, 2.75) is 41.0 Å². The fourth-order valence-electron chi connectivity index (χ4n) is 1.39. The molecule has 0 aromatic heterocycles. The number of likely N-dealkylation sites (N-methyl/N-ethyl adjacent to an activating group) is 1. The molecular weight excluding hydrogens is 198 g/mol. The van der Waals surface area contributed by atoms with Crippen LogP contribution < -0.4 is 0 Å². The lowest BCUT2D eigenvalue weighted by Crippen LogP contribution is -2.16. The second-order valence-corrected chi connectivity index (χ2v) is 2.73.